The quantitative estimate of drug-likeness (QED) is 0.315. The molecule has 156 valence electrons. The van der Waals surface area contributed by atoms with Crippen molar-refractivity contribution in [2.24, 2.45) is 5.41 Å². The third kappa shape index (κ3) is 7.36. The van der Waals surface area contributed by atoms with Crippen LogP contribution < -0.4 is 32.6 Å². The van der Waals surface area contributed by atoms with E-state index in [0.29, 0.717) is 6.42 Å². The molecule has 1 aliphatic heterocycles. The second kappa shape index (κ2) is 8.36. The van der Waals surface area contributed by atoms with Crippen LogP contribution >= 0.6 is 6.72 Å². The van der Waals surface area contributed by atoms with Crippen LogP contribution in [0, 0.1) is 5.41 Å². The molecule has 2 heterocycles. The summed E-state index contributed by atoms with van der Waals surface area (Å²) in [6, 6.07) is 1.64. The predicted octanol–water partition coefficient (Wildman–Crippen LogP) is 0.0387. The number of hydrogen-bond acceptors (Lipinski definition) is 6. The molecule has 10 heteroatoms. The maximum atomic E-state index is 12.3. The van der Waals surface area contributed by atoms with Crippen molar-refractivity contribution in [2.45, 2.75) is 74.1 Å². The summed E-state index contributed by atoms with van der Waals surface area (Å²) in [5.41, 5.74) is 4.78. The maximum absolute atomic E-state index is 12.3. The van der Waals surface area contributed by atoms with Gasteiger partial charge in [0.15, 0.2) is 0 Å². The van der Waals surface area contributed by atoms with E-state index in [0.717, 1.165) is 6.42 Å². The number of nitrogens with zero attached hydrogens (tertiary/aromatic N) is 2. The van der Waals surface area contributed by atoms with Crippen molar-refractivity contribution in [2.75, 3.05) is 5.73 Å². The van der Waals surface area contributed by atoms with Crippen LogP contribution in [0.25, 0.3) is 0 Å². The minimum absolute atomic E-state index is 0.0337. The number of hydrogen-bond donors (Lipinski definition) is 2. The number of alkyl halides is 2. The molecule has 0 saturated carbocycles. The molecular weight excluding hydrogens is 500 g/mol. The van der Waals surface area contributed by atoms with Crippen LogP contribution in [0.5, 0.6) is 0 Å². The topological polar surface area (TPSA) is 99.6 Å². The van der Waals surface area contributed by atoms with E-state index in [4.69, 9.17) is 26.6 Å². The van der Waals surface area contributed by atoms with E-state index in [1.807, 2.05) is 20.8 Å². The molecule has 3 N–H and O–H groups in total. The molecule has 1 aliphatic rings. The third-order valence-electron chi connectivity index (χ3n) is 3.76. The van der Waals surface area contributed by atoms with Crippen molar-refractivity contribution >= 4 is 24.3 Å². The van der Waals surface area contributed by atoms with E-state index in [2.05, 4.69) is 25.8 Å². The zero-order chi connectivity index (χ0) is 20.6. The van der Waals surface area contributed by atoms with E-state index in [1.54, 1.807) is 16.8 Å². The van der Waals surface area contributed by atoms with Gasteiger partial charge in [0.25, 0.3) is 0 Å². The van der Waals surface area contributed by atoms with Crippen LogP contribution in [0.3, 0.4) is 0 Å². The monoisotopic (exact) mass is 530 g/mol. The normalized spacial score (nSPS) is 26.4. The second-order valence-corrected chi connectivity index (χ2v) is 15.4. The summed E-state index contributed by atoms with van der Waals surface area (Å²) in [7, 11) is 0. The first-order chi connectivity index (χ1) is 12.2. The summed E-state index contributed by atoms with van der Waals surface area (Å²) in [6.45, 7) is 8.67. The van der Waals surface area contributed by atoms with Crippen LogP contribution in [0.4, 0.5) is 5.82 Å². The van der Waals surface area contributed by atoms with Crippen molar-refractivity contribution in [1.82, 2.24) is 9.55 Å². The zero-order valence-electron chi connectivity index (χ0n) is 16.7. The number of aromatic nitrogens is 2. The SMILES string of the molecule is CC(C)(C)C[C@H]1[I-][C@@H](n2ccc(N)nc2=O)CC1OP(O)(=S)OC(C)(C)C. The van der Waals surface area contributed by atoms with E-state index in [9.17, 15) is 9.69 Å². The molecule has 2 unspecified atom stereocenters. The molecule has 1 aromatic rings. The molecule has 0 aliphatic carbocycles. The fourth-order valence-corrected chi connectivity index (χ4v) is 10.5. The van der Waals surface area contributed by atoms with Crippen molar-refractivity contribution in [3.05, 3.63) is 22.7 Å². The molecule has 0 amide bonds. The third-order valence-corrected chi connectivity index (χ3v) is 9.66. The summed E-state index contributed by atoms with van der Waals surface area (Å²) < 4.78 is 13.5. The van der Waals surface area contributed by atoms with Crippen molar-refractivity contribution in [3.8, 4) is 0 Å². The van der Waals surface area contributed by atoms with Gasteiger partial charge < -0.3 is 0 Å². The Labute approximate surface area is 176 Å². The average molecular weight is 530 g/mol. The number of nitrogen functional groups attached to an aromatic ring is 1. The Hall–Kier alpha value is -0.0600. The summed E-state index contributed by atoms with van der Waals surface area (Å²) in [4.78, 5) is 26.7. The van der Waals surface area contributed by atoms with Gasteiger partial charge in [-0.2, -0.15) is 0 Å². The average Bonchev–Trinajstić information content (AvgIpc) is 2.75. The Balaban J connectivity index is 2.24. The summed E-state index contributed by atoms with van der Waals surface area (Å²) in [6.07, 6.45) is 3.02. The van der Waals surface area contributed by atoms with Crippen molar-refractivity contribution < 1.29 is 35.1 Å². The molecule has 0 spiro atoms. The fourth-order valence-electron chi connectivity index (χ4n) is 2.88. The fraction of sp³-hybridized carbons (Fsp3) is 0.765. The Morgan fingerprint density at radius 2 is 2.04 bits per heavy atom. The van der Waals surface area contributed by atoms with Gasteiger partial charge in [-0.3, -0.25) is 0 Å². The first kappa shape index (κ1) is 23.2. The molecule has 0 radical (unpaired) electrons. The Morgan fingerprint density at radius 1 is 1.41 bits per heavy atom. The number of anilines is 1. The minimum atomic E-state index is -3.38. The molecule has 1 fully saturated rings. The second-order valence-electron chi connectivity index (χ2n) is 8.94. The molecule has 0 bridgehead atoms. The van der Waals surface area contributed by atoms with Gasteiger partial charge in [-0.15, -0.1) is 0 Å². The Kier molecular flexibility index (Phi) is 7.19. The molecule has 1 saturated heterocycles. The van der Waals surface area contributed by atoms with E-state index in [-0.39, 0.29) is 31.0 Å². The first-order valence-electron chi connectivity index (χ1n) is 8.84. The van der Waals surface area contributed by atoms with Gasteiger partial charge >= 0.3 is 177 Å². The zero-order valence-corrected chi connectivity index (χ0v) is 20.5. The van der Waals surface area contributed by atoms with Crippen LogP contribution in [-0.4, -0.2) is 30.1 Å². The van der Waals surface area contributed by atoms with Crippen LogP contribution in [0.15, 0.2) is 17.1 Å². The molecule has 27 heavy (non-hydrogen) atoms. The molecule has 7 nitrogen and oxygen atoms in total. The Morgan fingerprint density at radius 3 is 2.56 bits per heavy atom. The summed E-state index contributed by atoms with van der Waals surface area (Å²) in [5, 5.41) is 0. The number of halogens is 1. The standard InChI is InChI=1S/C17H30IN3O4PS/c1-16(2,3)10-11-12(24-26(23,27)25-17(4,5)6)9-13(18-11)21-8-7-14(19)20-15(21)22/h7-8,11-13H,9-10H2,1-6H3,(H,23,27)(H2,19,20,22)/q-1/t11-,12?,13+,26?/m1/s1. The van der Waals surface area contributed by atoms with Gasteiger partial charge in [0.1, 0.15) is 0 Å². The van der Waals surface area contributed by atoms with Gasteiger partial charge in [0.2, 0.25) is 0 Å². The molecular formula is C17H30IN3O4PS-. The number of rotatable bonds is 5. The van der Waals surface area contributed by atoms with Gasteiger partial charge in [-0.25, -0.2) is 0 Å². The number of nitrogens with two attached hydrogens (primary N) is 1. The first-order valence-corrected chi connectivity index (χ1v) is 13.9. The van der Waals surface area contributed by atoms with E-state index >= 15 is 0 Å². The molecule has 0 aromatic carbocycles. The van der Waals surface area contributed by atoms with Gasteiger partial charge in [0.05, 0.1) is 0 Å². The van der Waals surface area contributed by atoms with E-state index < -0.39 is 33.5 Å². The van der Waals surface area contributed by atoms with Gasteiger partial charge in [0, 0.05) is 0 Å². The molecule has 1 aromatic heterocycles. The van der Waals surface area contributed by atoms with E-state index in [1.165, 1.54) is 0 Å². The van der Waals surface area contributed by atoms with Crippen LogP contribution in [0.1, 0.15) is 58.4 Å². The summed E-state index contributed by atoms with van der Waals surface area (Å²) in [5.74, 6) is 0.218. The van der Waals surface area contributed by atoms with Crippen molar-refractivity contribution in [3.63, 3.8) is 0 Å². The van der Waals surface area contributed by atoms with Gasteiger partial charge in [-0.05, 0) is 0 Å². The Bertz CT molecular complexity index is 775. The van der Waals surface area contributed by atoms with Crippen molar-refractivity contribution in [1.29, 1.82) is 0 Å². The molecule has 2 rings (SSSR count). The van der Waals surface area contributed by atoms with Crippen LogP contribution in [0.2, 0.25) is 0 Å². The molecule has 4 atom stereocenters. The summed E-state index contributed by atoms with van der Waals surface area (Å²) >= 11 is 4.83. The van der Waals surface area contributed by atoms with Crippen LogP contribution in [-0.2, 0) is 20.9 Å². The van der Waals surface area contributed by atoms with Gasteiger partial charge in [-0.1, -0.05) is 0 Å². The predicted molar refractivity (Wildman–Crippen MR) is 107 cm³/mol.